The van der Waals surface area contributed by atoms with Gasteiger partial charge in [0, 0.05) is 10.7 Å². The van der Waals surface area contributed by atoms with E-state index in [1.54, 1.807) is 10.8 Å². The molecule has 3 rings (SSSR count). The number of rotatable bonds is 2. The van der Waals surface area contributed by atoms with Gasteiger partial charge in [-0.2, -0.15) is 0 Å². The summed E-state index contributed by atoms with van der Waals surface area (Å²) in [7, 11) is 0. The van der Waals surface area contributed by atoms with E-state index in [9.17, 15) is 4.39 Å². The summed E-state index contributed by atoms with van der Waals surface area (Å²) in [6.07, 6.45) is 1.64. The fraction of sp³-hybridized carbons (Fsp3) is 0.0769. The van der Waals surface area contributed by atoms with E-state index in [2.05, 4.69) is 25.9 Å². The molecule has 0 fully saturated rings. The van der Waals surface area contributed by atoms with Gasteiger partial charge in [0.05, 0.1) is 21.6 Å². The second-order valence-electron chi connectivity index (χ2n) is 4.22. The quantitative estimate of drug-likeness (QED) is 0.421. The van der Waals surface area contributed by atoms with E-state index < -0.39 is 5.82 Å². The molecule has 0 aliphatic rings. The van der Waals surface area contributed by atoms with Crippen LogP contribution in [-0.4, -0.2) is 14.5 Å². The topological polar surface area (TPSA) is 30.7 Å². The van der Waals surface area contributed by atoms with Crippen LogP contribution >= 0.6 is 50.7 Å². The smallest absolute Gasteiger partial charge is 0.164 e. The molecule has 0 N–H and O–H groups in total. The molecule has 2 aromatic heterocycles. The van der Waals surface area contributed by atoms with Gasteiger partial charge in [-0.3, -0.25) is 4.57 Å². The van der Waals surface area contributed by atoms with Crippen LogP contribution in [0.5, 0.6) is 0 Å². The summed E-state index contributed by atoms with van der Waals surface area (Å²) in [5.41, 5.74) is 1.81. The van der Waals surface area contributed by atoms with Crippen LogP contribution in [-0.2, 0) is 5.88 Å². The minimum absolute atomic E-state index is 0.0722. The number of pyridine rings is 1. The van der Waals surface area contributed by atoms with E-state index in [-0.39, 0.29) is 15.9 Å². The number of nitrogens with zero attached hydrogens (tertiary/aromatic N) is 3. The summed E-state index contributed by atoms with van der Waals surface area (Å²) >= 11 is 21.0. The lowest BCUT2D eigenvalue weighted by Crippen LogP contribution is -2.01. The van der Waals surface area contributed by atoms with E-state index in [1.807, 2.05) is 6.07 Å². The maximum atomic E-state index is 13.6. The van der Waals surface area contributed by atoms with Gasteiger partial charge < -0.3 is 0 Å². The first-order chi connectivity index (χ1) is 10.0. The van der Waals surface area contributed by atoms with Crippen molar-refractivity contribution in [2.45, 2.75) is 5.88 Å². The predicted octanol–water partition coefficient (Wildman–Crippen LogP) is 5.37. The van der Waals surface area contributed by atoms with Gasteiger partial charge in [-0.15, -0.1) is 11.6 Å². The van der Waals surface area contributed by atoms with Crippen LogP contribution in [0.4, 0.5) is 4.39 Å². The first-order valence-electron chi connectivity index (χ1n) is 5.75. The molecule has 0 radical (unpaired) electrons. The van der Waals surface area contributed by atoms with E-state index >= 15 is 0 Å². The molecule has 8 heteroatoms. The van der Waals surface area contributed by atoms with Crippen LogP contribution in [0.25, 0.3) is 16.9 Å². The van der Waals surface area contributed by atoms with Crippen LogP contribution in [0.15, 0.2) is 28.9 Å². The molecule has 0 amide bonds. The van der Waals surface area contributed by atoms with Gasteiger partial charge in [-0.05, 0) is 34.1 Å². The van der Waals surface area contributed by atoms with Crippen molar-refractivity contribution >= 4 is 61.9 Å². The summed E-state index contributed by atoms with van der Waals surface area (Å²) in [6, 6.07) is 4.74. The molecule has 21 heavy (non-hydrogen) atoms. The molecule has 0 unspecified atom stereocenters. The minimum Gasteiger partial charge on any atom is -0.280 e. The number of hydrogen-bond donors (Lipinski definition) is 0. The van der Waals surface area contributed by atoms with Crippen molar-refractivity contribution in [1.82, 2.24) is 14.5 Å². The van der Waals surface area contributed by atoms with E-state index in [1.165, 1.54) is 12.1 Å². The molecule has 2 heterocycles. The normalized spacial score (nSPS) is 11.3. The standard InChI is InChI=1S/C13H6BrCl3FN3/c14-6-1-10-13(19-5-6)21(11(4-15)20-10)7-2-8(16)12(18)9(17)3-7/h1-3,5H,4H2. The average Bonchev–Trinajstić information content (AvgIpc) is 2.81. The van der Waals surface area contributed by atoms with Gasteiger partial charge in [0.2, 0.25) is 0 Å². The van der Waals surface area contributed by atoms with Crippen molar-refractivity contribution in [2.24, 2.45) is 0 Å². The molecule has 3 aromatic rings. The molecule has 0 aliphatic carbocycles. The molecule has 0 spiro atoms. The Morgan fingerprint density at radius 3 is 2.48 bits per heavy atom. The number of imidazole rings is 1. The number of halogens is 5. The summed E-state index contributed by atoms with van der Waals surface area (Å²) < 4.78 is 16.1. The van der Waals surface area contributed by atoms with Gasteiger partial charge >= 0.3 is 0 Å². The van der Waals surface area contributed by atoms with Crippen molar-refractivity contribution in [1.29, 1.82) is 0 Å². The van der Waals surface area contributed by atoms with Gasteiger partial charge in [-0.1, -0.05) is 23.2 Å². The molecular weight excluding hydrogens is 403 g/mol. The van der Waals surface area contributed by atoms with Crippen LogP contribution < -0.4 is 0 Å². The van der Waals surface area contributed by atoms with Crippen molar-refractivity contribution < 1.29 is 4.39 Å². The third-order valence-electron chi connectivity index (χ3n) is 2.88. The molecule has 0 atom stereocenters. The van der Waals surface area contributed by atoms with Crippen LogP contribution in [0.1, 0.15) is 5.82 Å². The molecular formula is C13H6BrCl3FN3. The highest BCUT2D eigenvalue weighted by Gasteiger charge is 2.16. The lowest BCUT2D eigenvalue weighted by Gasteiger charge is -2.09. The maximum absolute atomic E-state index is 13.6. The average molecular weight is 409 g/mol. The van der Waals surface area contributed by atoms with E-state index in [4.69, 9.17) is 34.8 Å². The highest BCUT2D eigenvalue weighted by Crippen LogP contribution is 2.30. The fourth-order valence-electron chi connectivity index (χ4n) is 2.02. The van der Waals surface area contributed by atoms with Gasteiger partial charge in [0.1, 0.15) is 11.3 Å². The van der Waals surface area contributed by atoms with E-state index in [0.717, 1.165) is 4.47 Å². The highest BCUT2D eigenvalue weighted by molar-refractivity contribution is 9.10. The molecule has 0 bridgehead atoms. The zero-order chi connectivity index (χ0) is 15.1. The molecule has 0 saturated heterocycles. The summed E-state index contributed by atoms with van der Waals surface area (Å²) in [4.78, 5) is 8.73. The minimum atomic E-state index is -0.658. The predicted molar refractivity (Wildman–Crippen MR) is 86.1 cm³/mol. The summed E-state index contributed by atoms with van der Waals surface area (Å²) in [6.45, 7) is 0. The number of aromatic nitrogens is 3. The number of fused-ring (bicyclic) bond motifs is 1. The Balaban J connectivity index is 2.33. The van der Waals surface area contributed by atoms with E-state index in [0.29, 0.717) is 22.7 Å². The zero-order valence-electron chi connectivity index (χ0n) is 10.2. The highest BCUT2D eigenvalue weighted by atomic mass is 79.9. The summed E-state index contributed by atoms with van der Waals surface area (Å²) in [5.74, 6) is 0.0753. The Kier molecular flexibility index (Phi) is 4.10. The second kappa shape index (κ2) is 5.72. The Morgan fingerprint density at radius 2 is 1.86 bits per heavy atom. The first-order valence-corrected chi connectivity index (χ1v) is 7.83. The molecule has 108 valence electrons. The first kappa shape index (κ1) is 15.0. The molecule has 0 saturated carbocycles. The molecule has 3 nitrogen and oxygen atoms in total. The van der Waals surface area contributed by atoms with Crippen molar-refractivity contribution in [3.8, 4) is 5.69 Å². The van der Waals surface area contributed by atoms with Gasteiger partial charge in [0.15, 0.2) is 11.5 Å². The second-order valence-corrected chi connectivity index (χ2v) is 6.21. The van der Waals surface area contributed by atoms with Gasteiger partial charge in [0.25, 0.3) is 0 Å². The van der Waals surface area contributed by atoms with Crippen molar-refractivity contribution in [3.05, 3.63) is 50.6 Å². The number of alkyl halides is 1. The maximum Gasteiger partial charge on any atom is 0.164 e. The monoisotopic (exact) mass is 407 g/mol. The SMILES string of the molecule is Fc1c(Cl)cc(-n2c(CCl)nc3cc(Br)cnc32)cc1Cl. The Hall–Kier alpha value is -0.880. The summed E-state index contributed by atoms with van der Waals surface area (Å²) in [5, 5.41) is -0.144. The lowest BCUT2D eigenvalue weighted by molar-refractivity contribution is 0.628. The Labute approximate surface area is 142 Å². The van der Waals surface area contributed by atoms with Crippen LogP contribution in [0.2, 0.25) is 10.0 Å². The van der Waals surface area contributed by atoms with Crippen LogP contribution in [0.3, 0.4) is 0 Å². The Morgan fingerprint density at radius 1 is 1.19 bits per heavy atom. The number of hydrogen-bond acceptors (Lipinski definition) is 2. The molecule has 1 aromatic carbocycles. The van der Waals surface area contributed by atoms with Crippen LogP contribution in [0, 0.1) is 5.82 Å². The van der Waals surface area contributed by atoms with Gasteiger partial charge in [-0.25, -0.2) is 14.4 Å². The fourth-order valence-corrected chi connectivity index (χ4v) is 2.99. The zero-order valence-corrected chi connectivity index (χ0v) is 14.1. The van der Waals surface area contributed by atoms with Crippen molar-refractivity contribution in [3.63, 3.8) is 0 Å². The largest absolute Gasteiger partial charge is 0.280 e. The lowest BCUT2D eigenvalue weighted by atomic mass is 10.3. The third-order valence-corrected chi connectivity index (χ3v) is 4.10. The van der Waals surface area contributed by atoms with Crippen molar-refractivity contribution in [2.75, 3.05) is 0 Å². The third kappa shape index (κ3) is 2.63. The Bertz CT molecular complexity index is 827. The molecule has 0 aliphatic heterocycles. The number of benzene rings is 1.